The SMILES string of the molecule is Fc1ccc(-c2nc(-c3ccc(Br)cc3)cs2)c(Br)c1. The fourth-order valence-corrected chi connectivity index (χ4v) is 3.62. The van der Waals surface area contributed by atoms with Gasteiger partial charge in [-0.3, -0.25) is 0 Å². The molecular formula is C15H8Br2FNS. The van der Waals surface area contributed by atoms with Crippen molar-refractivity contribution in [2.75, 3.05) is 0 Å². The maximum Gasteiger partial charge on any atom is 0.125 e. The lowest BCUT2D eigenvalue weighted by atomic mass is 10.2. The number of aromatic nitrogens is 1. The van der Waals surface area contributed by atoms with E-state index in [4.69, 9.17) is 0 Å². The van der Waals surface area contributed by atoms with Crippen molar-refractivity contribution in [3.63, 3.8) is 0 Å². The van der Waals surface area contributed by atoms with E-state index in [0.29, 0.717) is 4.47 Å². The van der Waals surface area contributed by atoms with E-state index in [0.717, 1.165) is 26.3 Å². The van der Waals surface area contributed by atoms with Gasteiger partial charge in [-0.15, -0.1) is 11.3 Å². The highest BCUT2D eigenvalue weighted by molar-refractivity contribution is 9.10. The minimum atomic E-state index is -0.259. The quantitative estimate of drug-likeness (QED) is 0.492. The van der Waals surface area contributed by atoms with E-state index in [1.807, 2.05) is 29.6 Å². The van der Waals surface area contributed by atoms with Crippen LogP contribution in [-0.2, 0) is 0 Å². The largest absolute Gasteiger partial charge is 0.236 e. The number of benzene rings is 2. The van der Waals surface area contributed by atoms with Crippen LogP contribution in [0.1, 0.15) is 0 Å². The zero-order valence-electron chi connectivity index (χ0n) is 10.1. The van der Waals surface area contributed by atoms with Crippen molar-refractivity contribution >= 4 is 43.2 Å². The van der Waals surface area contributed by atoms with Gasteiger partial charge in [0.15, 0.2) is 0 Å². The Kier molecular flexibility index (Phi) is 4.01. The Morgan fingerprint density at radius 1 is 1.00 bits per heavy atom. The summed E-state index contributed by atoms with van der Waals surface area (Å²) in [6.07, 6.45) is 0. The molecule has 0 aliphatic rings. The van der Waals surface area contributed by atoms with Crippen molar-refractivity contribution < 1.29 is 4.39 Å². The van der Waals surface area contributed by atoms with Crippen molar-refractivity contribution in [2.45, 2.75) is 0 Å². The molecule has 1 heterocycles. The Labute approximate surface area is 136 Å². The fourth-order valence-electron chi connectivity index (χ4n) is 1.81. The second-order valence-electron chi connectivity index (χ2n) is 4.17. The third-order valence-electron chi connectivity index (χ3n) is 2.81. The average molecular weight is 413 g/mol. The van der Waals surface area contributed by atoms with Crippen molar-refractivity contribution in [1.29, 1.82) is 0 Å². The lowest BCUT2D eigenvalue weighted by Gasteiger charge is -2.00. The van der Waals surface area contributed by atoms with E-state index in [-0.39, 0.29) is 5.82 Å². The van der Waals surface area contributed by atoms with Crippen molar-refractivity contribution in [2.24, 2.45) is 0 Å². The molecule has 1 nitrogen and oxygen atoms in total. The molecule has 0 atom stereocenters. The summed E-state index contributed by atoms with van der Waals surface area (Å²) in [5.41, 5.74) is 2.89. The zero-order valence-corrected chi connectivity index (χ0v) is 14.1. The third-order valence-corrected chi connectivity index (χ3v) is 4.87. The van der Waals surface area contributed by atoms with E-state index in [9.17, 15) is 4.39 Å². The van der Waals surface area contributed by atoms with Crippen molar-refractivity contribution in [3.8, 4) is 21.8 Å². The summed E-state index contributed by atoms with van der Waals surface area (Å²) in [5, 5.41) is 2.88. The first kappa shape index (κ1) is 13.9. The molecule has 0 amide bonds. The highest BCUT2D eigenvalue weighted by Crippen LogP contribution is 2.33. The minimum Gasteiger partial charge on any atom is -0.236 e. The molecule has 0 bridgehead atoms. The molecule has 0 N–H and O–H groups in total. The standard InChI is InChI=1S/C15H8Br2FNS/c16-10-3-1-9(2-4-10)14-8-20-15(19-14)12-6-5-11(18)7-13(12)17/h1-8H. The molecule has 0 aliphatic carbocycles. The Hall–Kier alpha value is -1.04. The van der Waals surface area contributed by atoms with Crippen molar-refractivity contribution in [3.05, 3.63) is 62.6 Å². The Balaban J connectivity index is 1.99. The van der Waals surface area contributed by atoms with Gasteiger partial charge in [-0.2, -0.15) is 0 Å². The molecule has 0 fully saturated rings. The van der Waals surface area contributed by atoms with Crippen LogP contribution in [0.3, 0.4) is 0 Å². The van der Waals surface area contributed by atoms with Crippen LogP contribution in [0.4, 0.5) is 4.39 Å². The average Bonchev–Trinajstić information content (AvgIpc) is 2.89. The van der Waals surface area contributed by atoms with Gasteiger partial charge in [-0.05, 0) is 46.3 Å². The van der Waals surface area contributed by atoms with Crippen LogP contribution in [0.25, 0.3) is 21.8 Å². The molecule has 1 aromatic heterocycles. The summed E-state index contributed by atoms with van der Waals surface area (Å²) in [6, 6.07) is 12.6. The topological polar surface area (TPSA) is 12.9 Å². The molecule has 100 valence electrons. The van der Waals surface area contributed by atoms with E-state index in [1.54, 1.807) is 17.4 Å². The van der Waals surface area contributed by atoms with Gasteiger partial charge in [0.05, 0.1) is 5.69 Å². The lowest BCUT2D eigenvalue weighted by molar-refractivity contribution is 0.627. The minimum absolute atomic E-state index is 0.259. The number of thiazole rings is 1. The van der Waals surface area contributed by atoms with Gasteiger partial charge in [0.25, 0.3) is 0 Å². The van der Waals surface area contributed by atoms with Crippen LogP contribution in [0.5, 0.6) is 0 Å². The summed E-state index contributed by atoms with van der Waals surface area (Å²) >= 11 is 8.34. The van der Waals surface area contributed by atoms with Gasteiger partial charge in [0.1, 0.15) is 10.8 Å². The highest BCUT2D eigenvalue weighted by Gasteiger charge is 2.10. The highest BCUT2D eigenvalue weighted by atomic mass is 79.9. The van der Waals surface area contributed by atoms with Crippen LogP contribution in [0.2, 0.25) is 0 Å². The van der Waals surface area contributed by atoms with Crippen LogP contribution in [0.15, 0.2) is 56.8 Å². The van der Waals surface area contributed by atoms with Gasteiger partial charge in [-0.1, -0.05) is 28.1 Å². The third kappa shape index (κ3) is 2.85. The Morgan fingerprint density at radius 2 is 1.75 bits per heavy atom. The van der Waals surface area contributed by atoms with Gasteiger partial charge < -0.3 is 0 Å². The van der Waals surface area contributed by atoms with Gasteiger partial charge in [0, 0.05) is 25.5 Å². The van der Waals surface area contributed by atoms with Crippen LogP contribution in [-0.4, -0.2) is 4.98 Å². The van der Waals surface area contributed by atoms with Gasteiger partial charge in [0.2, 0.25) is 0 Å². The zero-order chi connectivity index (χ0) is 14.1. The van der Waals surface area contributed by atoms with E-state index >= 15 is 0 Å². The molecule has 3 rings (SSSR count). The summed E-state index contributed by atoms with van der Waals surface area (Å²) in [5.74, 6) is -0.259. The number of halogens is 3. The molecular weight excluding hydrogens is 405 g/mol. The Bertz CT molecular complexity index is 753. The number of rotatable bonds is 2. The van der Waals surface area contributed by atoms with Crippen LogP contribution < -0.4 is 0 Å². The Morgan fingerprint density at radius 3 is 2.45 bits per heavy atom. The maximum atomic E-state index is 13.1. The van der Waals surface area contributed by atoms with E-state index < -0.39 is 0 Å². The number of hydrogen-bond acceptors (Lipinski definition) is 2. The van der Waals surface area contributed by atoms with Crippen molar-refractivity contribution in [1.82, 2.24) is 4.98 Å². The molecule has 0 spiro atoms. The predicted molar refractivity (Wildman–Crippen MR) is 88.3 cm³/mol. The molecule has 0 radical (unpaired) electrons. The summed E-state index contributed by atoms with van der Waals surface area (Å²) in [4.78, 5) is 4.62. The predicted octanol–water partition coefficient (Wildman–Crippen LogP) is 6.14. The second kappa shape index (κ2) is 5.76. The van der Waals surface area contributed by atoms with Gasteiger partial charge >= 0.3 is 0 Å². The molecule has 20 heavy (non-hydrogen) atoms. The van der Waals surface area contributed by atoms with Crippen LogP contribution >= 0.6 is 43.2 Å². The molecule has 5 heteroatoms. The normalized spacial score (nSPS) is 10.8. The van der Waals surface area contributed by atoms with E-state index in [1.165, 1.54) is 12.1 Å². The molecule has 0 saturated heterocycles. The first-order valence-electron chi connectivity index (χ1n) is 5.80. The monoisotopic (exact) mass is 411 g/mol. The molecule has 0 aliphatic heterocycles. The number of hydrogen-bond donors (Lipinski definition) is 0. The van der Waals surface area contributed by atoms with E-state index in [2.05, 4.69) is 36.8 Å². The van der Waals surface area contributed by atoms with Crippen LogP contribution in [0, 0.1) is 5.82 Å². The van der Waals surface area contributed by atoms with Gasteiger partial charge in [-0.25, -0.2) is 9.37 Å². The molecule has 2 aromatic carbocycles. The first-order chi connectivity index (χ1) is 9.63. The second-order valence-corrected chi connectivity index (χ2v) is 6.80. The maximum absolute atomic E-state index is 13.1. The summed E-state index contributed by atoms with van der Waals surface area (Å²) < 4.78 is 14.9. The summed E-state index contributed by atoms with van der Waals surface area (Å²) in [7, 11) is 0. The number of nitrogens with zero attached hydrogens (tertiary/aromatic N) is 1. The smallest absolute Gasteiger partial charge is 0.125 e. The molecule has 0 unspecified atom stereocenters. The lowest BCUT2D eigenvalue weighted by Crippen LogP contribution is -1.82. The molecule has 0 saturated carbocycles. The molecule has 3 aromatic rings. The fraction of sp³-hybridized carbons (Fsp3) is 0. The first-order valence-corrected chi connectivity index (χ1v) is 8.27. The summed E-state index contributed by atoms with van der Waals surface area (Å²) in [6.45, 7) is 0.